The Balaban J connectivity index is 3.56. The molecule has 0 bridgehead atoms. The molecule has 0 amide bonds. The van der Waals surface area contributed by atoms with Gasteiger partial charge in [-0.05, 0) is 84.4 Å². The van der Waals surface area contributed by atoms with Crippen molar-refractivity contribution >= 4 is 0 Å². The first-order valence-electron chi connectivity index (χ1n) is 16.3. The van der Waals surface area contributed by atoms with Gasteiger partial charge in [0.1, 0.15) is 11.5 Å². The molecule has 0 aliphatic rings. The second-order valence-electron chi connectivity index (χ2n) is 19.1. The highest BCUT2D eigenvalue weighted by molar-refractivity contribution is 5.64. The summed E-state index contributed by atoms with van der Waals surface area (Å²) in [5.74, 6) is 0.916. The lowest BCUT2D eigenvalue weighted by Gasteiger charge is -2.43. The molecule has 0 saturated carbocycles. The smallest absolute Gasteiger partial charge is 0.119 e. The molecule has 2 heteroatoms. The number of phenols is 2. The molecule has 42 heavy (non-hydrogen) atoms. The molecule has 0 aromatic heterocycles. The summed E-state index contributed by atoms with van der Waals surface area (Å²) in [6.45, 7) is 43.2. The lowest BCUT2D eigenvalue weighted by atomic mass is 9.61. The predicted octanol–water partition coefficient (Wildman–Crippen LogP) is 11.8. The largest absolute Gasteiger partial charge is 0.508 e. The first-order chi connectivity index (χ1) is 18.5. The van der Waals surface area contributed by atoms with Crippen molar-refractivity contribution < 1.29 is 10.2 Å². The van der Waals surface area contributed by atoms with Gasteiger partial charge in [-0.3, -0.25) is 0 Å². The summed E-state index contributed by atoms with van der Waals surface area (Å²) in [5, 5.41) is 23.5. The number of phenolic OH excluding ortho intramolecular Hbond substituents is 2. The average molecular weight is 579 g/mol. The van der Waals surface area contributed by atoms with Gasteiger partial charge in [-0.15, -0.1) is 0 Å². The summed E-state index contributed by atoms with van der Waals surface area (Å²) in [7, 11) is 0. The second kappa shape index (κ2) is 11.2. The SMILES string of the molecule is CCCC(c1c(C(C)(C)C)cc(O)c(C(C)(C)C)c1C(C)(C)C)c1c(C(C)(C)C)cc(O)c(C(C)(C)C)c1C(C)(C)C. The van der Waals surface area contributed by atoms with Crippen LogP contribution >= 0.6 is 0 Å². The van der Waals surface area contributed by atoms with Crippen LogP contribution in [0.5, 0.6) is 11.5 Å². The van der Waals surface area contributed by atoms with E-state index >= 15 is 0 Å². The molecule has 2 aromatic carbocycles. The van der Waals surface area contributed by atoms with Crippen LogP contribution in [0.15, 0.2) is 12.1 Å². The van der Waals surface area contributed by atoms with Crippen LogP contribution < -0.4 is 0 Å². The van der Waals surface area contributed by atoms with E-state index in [0.29, 0.717) is 11.5 Å². The minimum Gasteiger partial charge on any atom is -0.508 e. The monoisotopic (exact) mass is 579 g/mol. The van der Waals surface area contributed by atoms with Crippen LogP contribution in [-0.2, 0) is 32.5 Å². The van der Waals surface area contributed by atoms with E-state index in [-0.39, 0.29) is 38.4 Å². The zero-order valence-electron chi connectivity index (χ0n) is 31.0. The van der Waals surface area contributed by atoms with Crippen LogP contribution in [0.1, 0.15) is 195 Å². The number of hydrogen-bond donors (Lipinski definition) is 2. The summed E-state index contributed by atoms with van der Waals surface area (Å²) in [6.07, 6.45) is 2.02. The summed E-state index contributed by atoms with van der Waals surface area (Å²) in [4.78, 5) is 0. The zero-order valence-corrected chi connectivity index (χ0v) is 31.0. The lowest BCUT2D eigenvalue weighted by molar-refractivity contribution is 0.421. The molecule has 238 valence electrons. The van der Waals surface area contributed by atoms with Crippen molar-refractivity contribution in [1.29, 1.82) is 0 Å². The molecule has 0 aliphatic heterocycles. The average Bonchev–Trinajstić information content (AvgIpc) is 2.72. The van der Waals surface area contributed by atoms with Gasteiger partial charge in [0.2, 0.25) is 0 Å². The van der Waals surface area contributed by atoms with Crippen molar-refractivity contribution in [3.05, 3.63) is 56.6 Å². The van der Waals surface area contributed by atoms with Crippen LogP contribution in [-0.4, -0.2) is 10.2 Å². The van der Waals surface area contributed by atoms with Crippen molar-refractivity contribution in [2.45, 2.75) is 183 Å². The number of hydrogen-bond acceptors (Lipinski definition) is 2. The summed E-state index contributed by atoms with van der Waals surface area (Å²) < 4.78 is 0. The maximum Gasteiger partial charge on any atom is 0.119 e. The Labute approximate surface area is 260 Å². The molecule has 2 N–H and O–H groups in total. The van der Waals surface area contributed by atoms with Crippen molar-refractivity contribution in [2.75, 3.05) is 0 Å². The Morgan fingerprint density at radius 1 is 0.452 bits per heavy atom. The minimum atomic E-state index is -0.236. The van der Waals surface area contributed by atoms with Crippen molar-refractivity contribution in [3.8, 4) is 11.5 Å². The number of aromatic hydroxyl groups is 2. The van der Waals surface area contributed by atoms with E-state index in [2.05, 4.69) is 144 Å². The van der Waals surface area contributed by atoms with E-state index in [1.807, 2.05) is 0 Å². The highest BCUT2D eigenvalue weighted by Gasteiger charge is 2.42. The highest BCUT2D eigenvalue weighted by atomic mass is 16.3. The van der Waals surface area contributed by atoms with Crippen molar-refractivity contribution in [2.24, 2.45) is 0 Å². The van der Waals surface area contributed by atoms with E-state index in [9.17, 15) is 10.2 Å². The third-order valence-electron chi connectivity index (χ3n) is 8.58. The first kappa shape index (κ1) is 36.2. The zero-order chi connectivity index (χ0) is 33.2. The molecule has 0 atom stereocenters. The second-order valence-corrected chi connectivity index (χ2v) is 19.1. The fourth-order valence-corrected chi connectivity index (χ4v) is 7.13. The third-order valence-corrected chi connectivity index (χ3v) is 8.58. The molecule has 0 radical (unpaired) electrons. The molecular formula is C40H66O2. The molecule has 0 aliphatic carbocycles. The van der Waals surface area contributed by atoms with Crippen LogP contribution in [0.4, 0.5) is 0 Å². The third kappa shape index (κ3) is 7.22. The topological polar surface area (TPSA) is 40.5 Å². The van der Waals surface area contributed by atoms with Gasteiger partial charge < -0.3 is 10.2 Å². The Morgan fingerprint density at radius 2 is 0.714 bits per heavy atom. The molecular weight excluding hydrogens is 512 g/mol. The quantitative estimate of drug-likeness (QED) is 0.379. The van der Waals surface area contributed by atoms with E-state index < -0.39 is 0 Å². The molecule has 0 spiro atoms. The normalized spacial score (nSPS) is 14.2. The Morgan fingerprint density at radius 3 is 0.905 bits per heavy atom. The Bertz CT molecular complexity index is 1180. The van der Waals surface area contributed by atoms with E-state index in [4.69, 9.17) is 0 Å². The fourth-order valence-electron chi connectivity index (χ4n) is 7.13. The fraction of sp³-hybridized carbons (Fsp3) is 0.700. The van der Waals surface area contributed by atoms with E-state index in [1.165, 1.54) is 33.4 Å². The Kier molecular flexibility index (Phi) is 9.66. The van der Waals surface area contributed by atoms with Gasteiger partial charge in [0.25, 0.3) is 0 Å². The molecule has 2 aromatic rings. The van der Waals surface area contributed by atoms with E-state index in [0.717, 1.165) is 24.0 Å². The predicted molar refractivity (Wildman–Crippen MR) is 185 cm³/mol. The molecule has 0 fully saturated rings. The van der Waals surface area contributed by atoms with Crippen LogP contribution in [0.3, 0.4) is 0 Å². The molecule has 0 unspecified atom stereocenters. The van der Waals surface area contributed by atoms with Gasteiger partial charge in [0, 0.05) is 17.0 Å². The maximum absolute atomic E-state index is 11.8. The number of rotatable bonds is 4. The molecule has 2 rings (SSSR count). The van der Waals surface area contributed by atoms with Gasteiger partial charge in [0.15, 0.2) is 0 Å². The lowest BCUT2D eigenvalue weighted by Crippen LogP contribution is -2.32. The van der Waals surface area contributed by atoms with Crippen molar-refractivity contribution in [3.63, 3.8) is 0 Å². The van der Waals surface area contributed by atoms with Crippen LogP contribution in [0.2, 0.25) is 0 Å². The first-order valence-corrected chi connectivity index (χ1v) is 16.3. The van der Waals surface area contributed by atoms with Gasteiger partial charge in [-0.2, -0.15) is 0 Å². The van der Waals surface area contributed by atoms with Gasteiger partial charge in [-0.25, -0.2) is 0 Å². The number of benzene rings is 2. The van der Waals surface area contributed by atoms with Crippen molar-refractivity contribution in [1.82, 2.24) is 0 Å². The van der Waals surface area contributed by atoms with E-state index in [1.54, 1.807) is 0 Å². The Hall–Kier alpha value is -1.96. The standard InChI is InChI=1S/C40H66O2/c1-20-21-24(29-25(35(2,3)4)22-27(41)31(37(8,9)10)33(29)39(14,15)16)30-26(36(5,6)7)23-28(42)32(38(11,12)13)34(30)40(17,18)19/h22-24,41-42H,20-21H2,1-19H3. The van der Waals surface area contributed by atoms with Crippen LogP contribution in [0.25, 0.3) is 0 Å². The molecule has 2 nitrogen and oxygen atoms in total. The molecule has 0 heterocycles. The minimum absolute atomic E-state index is 0.102. The van der Waals surface area contributed by atoms with Crippen LogP contribution in [0, 0.1) is 0 Å². The van der Waals surface area contributed by atoms with Gasteiger partial charge in [0.05, 0.1) is 0 Å². The summed E-state index contributed by atoms with van der Waals surface area (Å²) in [5.41, 5.74) is 8.65. The maximum atomic E-state index is 11.8. The molecule has 0 saturated heterocycles. The summed E-state index contributed by atoms with van der Waals surface area (Å²) in [6, 6.07) is 4.18. The summed E-state index contributed by atoms with van der Waals surface area (Å²) >= 11 is 0. The van der Waals surface area contributed by atoms with Gasteiger partial charge in [-0.1, -0.05) is 138 Å². The highest BCUT2D eigenvalue weighted by Crippen LogP contribution is 2.54. The van der Waals surface area contributed by atoms with Gasteiger partial charge >= 0.3 is 0 Å².